The largest absolute Gasteiger partial charge is 0.341 e. The van der Waals surface area contributed by atoms with Crippen LogP contribution in [0, 0.1) is 12.8 Å². The first-order valence-electron chi connectivity index (χ1n) is 9.03. The average Bonchev–Trinajstić information content (AvgIpc) is 3.07. The number of carbonyl (C=O) groups excluding carboxylic acids is 2. The van der Waals surface area contributed by atoms with Crippen molar-refractivity contribution in [3.63, 3.8) is 0 Å². The molecule has 0 heterocycles. The summed E-state index contributed by atoms with van der Waals surface area (Å²) >= 11 is 0. The molecule has 0 aliphatic heterocycles. The van der Waals surface area contributed by atoms with Crippen LogP contribution in [-0.2, 0) is 4.79 Å². The number of carbonyl (C=O) groups is 2. The third-order valence-electron chi connectivity index (χ3n) is 4.92. The monoisotopic (exact) mass is 330 g/mol. The third kappa shape index (κ3) is 4.59. The minimum absolute atomic E-state index is 0.0394. The van der Waals surface area contributed by atoms with E-state index in [1.165, 1.54) is 12.8 Å². The van der Waals surface area contributed by atoms with Gasteiger partial charge in [-0.15, -0.1) is 0 Å². The molecule has 0 radical (unpaired) electrons. The van der Waals surface area contributed by atoms with Crippen LogP contribution < -0.4 is 5.32 Å². The summed E-state index contributed by atoms with van der Waals surface area (Å²) in [4.78, 5) is 27.4. The van der Waals surface area contributed by atoms with Gasteiger partial charge in [0.15, 0.2) is 0 Å². The van der Waals surface area contributed by atoms with Gasteiger partial charge in [-0.05, 0) is 43.7 Å². The summed E-state index contributed by atoms with van der Waals surface area (Å²) in [6.07, 6.45) is 5.18. The van der Waals surface area contributed by atoms with Crippen LogP contribution in [0.25, 0.3) is 0 Å². The van der Waals surface area contributed by atoms with E-state index in [1.54, 1.807) is 0 Å². The van der Waals surface area contributed by atoms with E-state index in [2.05, 4.69) is 19.2 Å². The van der Waals surface area contributed by atoms with E-state index in [9.17, 15) is 9.59 Å². The smallest absolute Gasteiger partial charge is 0.252 e. The number of rotatable bonds is 6. The Hall–Kier alpha value is -1.84. The van der Waals surface area contributed by atoms with E-state index < -0.39 is 6.04 Å². The van der Waals surface area contributed by atoms with Gasteiger partial charge in [-0.25, -0.2) is 0 Å². The second kappa shape index (κ2) is 8.32. The molecule has 1 atom stereocenters. The summed E-state index contributed by atoms with van der Waals surface area (Å²) in [6.45, 7) is 6.07. The zero-order chi connectivity index (χ0) is 17.7. The predicted octanol–water partition coefficient (Wildman–Crippen LogP) is 3.54. The molecule has 132 valence electrons. The molecule has 1 unspecified atom stereocenters. The molecule has 0 bridgehead atoms. The number of hydrogen-bond acceptors (Lipinski definition) is 2. The molecule has 2 amide bonds. The van der Waals surface area contributed by atoms with Crippen LogP contribution in [0.15, 0.2) is 24.3 Å². The lowest BCUT2D eigenvalue weighted by Gasteiger charge is -2.30. The normalized spacial score (nSPS) is 16.2. The first kappa shape index (κ1) is 18.5. The maximum absolute atomic E-state index is 12.9. The van der Waals surface area contributed by atoms with Gasteiger partial charge in [-0.1, -0.05) is 44.9 Å². The van der Waals surface area contributed by atoms with E-state index in [4.69, 9.17) is 0 Å². The van der Waals surface area contributed by atoms with Crippen molar-refractivity contribution in [2.24, 2.45) is 5.92 Å². The van der Waals surface area contributed by atoms with Crippen molar-refractivity contribution in [3.05, 3.63) is 35.4 Å². The van der Waals surface area contributed by atoms with Crippen LogP contribution in [-0.4, -0.2) is 35.8 Å². The van der Waals surface area contributed by atoms with Gasteiger partial charge < -0.3 is 10.2 Å². The zero-order valence-corrected chi connectivity index (χ0v) is 15.3. The Morgan fingerprint density at radius 2 is 1.83 bits per heavy atom. The average molecular weight is 330 g/mol. The summed E-state index contributed by atoms with van der Waals surface area (Å²) in [5.41, 5.74) is 1.57. The Morgan fingerprint density at radius 3 is 2.42 bits per heavy atom. The van der Waals surface area contributed by atoms with E-state index in [-0.39, 0.29) is 11.8 Å². The van der Waals surface area contributed by atoms with Crippen LogP contribution in [0.2, 0.25) is 0 Å². The maximum Gasteiger partial charge on any atom is 0.252 e. The second-order valence-corrected chi connectivity index (χ2v) is 7.36. The minimum atomic E-state index is -0.456. The Balaban J connectivity index is 2.11. The van der Waals surface area contributed by atoms with Crippen molar-refractivity contribution in [3.8, 4) is 0 Å². The van der Waals surface area contributed by atoms with Crippen LogP contribution in [0.4, 0.5) is 0 Å². The van der Waals surface area contributed by atoms with Crippen molar-refractivity contribution in [1.82, 2.24) is 10.2 Å². The molecular weight excluding hydrogens is 300 g/mol. The Kier molecular flexibility index (Phi) is 6.41. The summed E-state index contributed by atoms with van der Waals surface area (Å²) < 4.78 is 0. The highest BCUT2D eigenvalue weighted by Gasteiger charge is 2.30. The fourth-order valence-electron chi connectivity index (χ4n) is 3.47. The molecule has 1 aromatic carbocycles. The van der Waals surface area contributed by atoms with Crippen LogP contribution in [0.5, 0.6) is 0 Å². The van der Waals surface area contributed by atoms with Gasteiger partial charge in [-0.2, -0.15) is 0 Å². The highest BCUT2D eigenvalue weighted by atomic mass is 16.2. The van der Waals surface area contributed by atoms with Crippen molar-refractivity contribution >= 4 is 11.8 Å². The summed E-state index contributed by atoms with van der Waals surface area (Å²) in [7, 11) is 1.88. The van der Waals surface area contributed by atoms with Crippen LogP contribution in [0.3, 0.4) is 0 Å². The van der Waals surface area contributed by atoms with E-state index >= 15 is 0 Å². The van der Waals surface area contributed by atoms with Crippen molar-refractivity contribution in [2.75, 3.05) is 7.05 Å². The molecule has 24 heavy (non-hydrogen) atoms. The van der Waals surface area contributed by atoms with E-state index in [0.29, 0.717) is 23.9 Å². The number of amides is 2. The number of nitrogens with zero attached hydrogens (tertiary/aromatic N) is 1. The summed E-state index contributed by atoms with van der Waals surface area (Å²) in [6, 6.07) is 7.36. The Morgan fingerprint density at radius 1 is 1.21 bits per heavy atom. The van der Waals surface area contributed by atoms with Crippen molar-refractivity contribution in [2.45, 2.75) is 65.0 Å². The predicted molar refractivity (Wildman–Crippen MR) is 96.9 cm³/mol. The van der Waals surface area contributed by atoms with Crippen molar-refractivity contribution < 1.29 is 9.59 Å². The molecule has 2 rings (SSSR count). The number of aryl methyl sites for hydroxylation is 1. The molecule has 1 aliphatic carbocycles. The van der Waals surface area contributed by atoms with Gasteiger partial charge in [-0.3, -0.25) is 9.59 Å². The van der Waals surface area contributed by atoms with E-state index in [0.717, 1.165) is 18.4 Å². The highest BCUT2D eigenvalue weighted by molar-refractivity contribution is 5.98. The van der Waals surface area contributed by atoms with Gasteiger partial charge in [0.25, 0.3) is 5.91 Å². The molecule has 0 aromatic heterocycles. The quantitative estimate of drug-likeness (QED) is 0.867. The first-order valence-corrected chi connectivity index (χ1v) is 9.03. The van der Waals surface area contributed by atoms with Gasteiger partial charge >= 0.3 is 0 Å². The SMILES string of the molecule is Cc1ccccc1C(=O)NC(CC(C)C)C(=O)N(C)C1CCCC1. The fraction of sp³-hybridized carbons (Fsp3) is 0.600. The lowest BCUT2D eigenvalue weighted by molar-refractivity contribution is -0.134. The van der Waals surface area contributed by atoms with Gasteiger partial charge in [0.2, 0.25) is 5.91 Å². The number of hydrogen-bond donors (Lipinski definition) is 1. The second-order valence-electron chi connectivity index (χ2n) is 7.36. The number of nitrogens with one attached hydrogen (secondary N) is 1. The lowest BCUT2D eigenvalue weighted by Crippen LogP contribution is -2.50. The molecule has 1 aliphatic rings. The van der Waals surface area contributed by atoms with Crippen LogP contribution in [0.1, 0.15) is 61.9 Å². The molecule has 1 N–H and O–H groups in total. The molecule has 1 saturated carbocycles. The first-order chi connectivity index (χ1) is 11.4. The molecule has 4 heteroatoms. The molecule has 1 aromatic rings. The number of likely N-dealkylation sites (N-methyl/N-ethyl adjacent to an activating group) is 1. The molecule has 0 saturated heterocycles. The highest BCUT2D eigenvalue weighted by Crippen LogP contribution is 2.23. The minimum Gasteiger partial charge on any atom is -0.341 e. The molecule has 0 spiro atoms. The third-order valence-corrected chi connectivity index (χ3v) is 4.92. The molecule has 4 nitrogen and oxygen atoms in total. The van der Waals surface area contributed by atoms with Gasteiger partial charge in [0, 0.05) is 18.7 Å². The summed E-state index contributed by atoms with van der Waals surface area (Å²) in [5.74, 6) is 0.220. The van der Waals surface area contributed by atoms with E-state index in [1.807, 2.05) is 43.1 Å². The van der Waals surface area contributed by atoms with Crippen molar-refractivity contribution in [1.29, 1.82) is 0 Å². The topological polar surface area (TPSA) is 49.4 Å². The Bertz CT molecular complexity index is 577. The van der Waals surface area contributed by atoms with Gasteiger partial charge in [0.05, 0.1) is 0 Å². The zero-order valence-electron chi connectivity index (χ0n) is 15.3. The lowest BCUT2D eigenvalue weighted by atomic mass is 10.0. The molecule has 1 fully saturated rings. The summed E-state index contributed by atoms with van der Waals surface area (Å²) in [5, 5.41) is 2.98. The van der Waals surface area contributed by atoms with Crippen LogP contribution >= 0.6 is 0 Å². The standard InChI is InChI=1S/C20H30N2O2/c1-14(2)13-18(20(24)22(4)16-10-6-7-11-16)21-19(23)17-12-8-5-9-15(17)3/h5,8-9,12,14,16,18H,6-7,10-11,13H2,1-4H3,(H,21,23). The number of benzene rings is 1. The fourth-order valence-corrected chi connectivity index (χ4v) is 3.47. The van der Waals surface area contributed by atoms with Gasteiger partial charge in [0.1, 0.15) is 6.04 Å². The maximum atomic E-state index is 12.9. The Labute approximate surface area is 145 Å². The molecular formula is C20H30N2O2.